The van der Waals surface area contributed by atoms with E-state index >= 15 is 0 Å². The number of hydrogen-bond donors (Lipinski definition) is 3. The average Bonchev–Trinajstić information content (AvgIpc) is 2.57. The van der Waals surface area contributed by atoms with Crippen LogP contribution in [0, 0.1) is 12.8 Å². The van der Waals surface area contributed by atoms with Crippen LogP contribution in [0.25, 0.3) is 0 Å². The van der Waals surface area contributed by atoms with E-state index in [1.54, 1.807) is 0 Å². The number of piperazine rings is 1. The normalized spacial score (nSPS) is 22.2. The van der Waals surface area contributed by atoms with Crippen molar-refractivity contribution in [1.29, 1.82) is 0 Å². The minimum absolute atomic E-state index is 0.131. The van der Waals surface area contributed by atoms with Gasteiger partial charge in [-0.3, -0.25) is 4.79 Å². The number of nitrogens with one attached hydrogen (secondary N) is 2. The number of aryl methyl sites for hydroxylation is 1. The van der Waals surface area contributed by atoms with E-state index in [1.165, 1.54) is 11.3 Å². The molecule has 0 aliphatic carbocycles. The van der Waals surface area contributed by atoms with Crippen molar-refractivity contribution >= 4 is 11.6 Å². The molecule has 1 unspecified atom stereocenters. The first kappa shape index (κ1) is 17.8. The third kappa shape index (κ3) is 5.52. The lowest BCUT2D eigenvalue weighted by atomic mass is 9.98. The average molecular weight is 318 g/mol. The third-order valence-corrected chi connectivity index (χ3v) is 4.58. The molecule has 1 atom stereocenters. The fourth-order valence-electron chi connectivity index (χ4n) is 3.14. The monoisotopic (exact) mass is 318 g/mol. The molecule has 1 aromatic rings. The van der Waals surface area contributed by atoms with Gasteiger partial charge in [0, 0.05) is 37.3 Å². The molecule has 0 saturated carbocycles. The minimum Gasteiger partial charge on any atom is -0.369 e. The number of primary amides is 1. The van der Waals surface area contributed by atoms with Gasteiger partial charge in [0.05, 0.1) is 0 Å². The standard InChI is InChI=1S/C12H18N2.C6H12N2O/c1-10-4-3-5-12(8-10)14-7-6-13-9-11(14)2;7-6(9)5-1-3-8-4-2-5/h3-5,8,11,13H,6-7,9H2,1-2H3;5,8H,1-4H2,(H2,7,9). The van der Waals surface area contributed by atoms with Gasteiger partial charge in [0.15, 0.2) is 0 Å². The van der Waals surface area contributed by atoms with E-state index in [0.29, 0.717) is 6.04 Å². The van der Waals surface area contributed by atoms with Gasteiger partial charge >= 0.3 is 0 Å². The number of carbonyl (C=O) groups excluding carboxylic acids is 1. The van der Waals surface area contributed by atoms with Crippen LogP contribution in [0.5, 0.6) is 0 Å². The molecule has 1 aromatic carbocycles. The Hall–Kier alpha value is -1.59. The van der Waals surface area contributed by atoms with Gasteiger partial charge in [-0.05, 0) is 57.5 Å². The van der Waals surface area contributed by atoms with Crippen LogP contribution >= 0.6 is 0 Å². The largest absolute Gasteiger partial charge is 0.369 e. The van der Waals surface area contributed by atoms with Crippen LogP contribution in [-0.2, 0) is 4.79 Å². The summed E-state index contributed by atoms with van der Waals surface area (Å²) in [5.41, 5.74) is 7.80. The molecule has 0 bridgehead atoms. The van der Waals surface area contributed by atoms with Gasteiger partial charge < -0.3 is 21.3 Å². The predicted molar refractivity (Wildman–Crippen MR) is 95.6 cm³/mol. The van der Waals surface area contributed by atoms with Gasteiger partial charge in [-0.15, -0.1) is 0 Å². The lowest BCUT2D eigenvalue weighted by Gasteiger charge is -2.36. The third-order valence-electron chi connectivity index (χ3n) is 4.58. The van der Waals surface area contributed by atoms with Crippen LogP contribution in [0.4, 0.5) is 5.69 Å². The summed E-state index contributed by atoms with van der Waals surface area (Å²) in [7, 11) is 0. The number of amides is 1. The van der Waals surface area contributed by atoms with Crippen molar-refractivity contribution in [3.63, 3.8) is 0 Å². The first-order valence-corrected chi connectivity index (χ1v) is 8.62. The second kappa shape index (κ2) is 8.89. The molecule has 2 heterocycles. The summed E-state index contributed by atoms with van der Waals surface area (Å²) in [5.74, 6) is -0.0113. The van der Waals surface area contributed by atoms with Crippen molar-refractivity contribution in [2.24, 2.45) is 11.7 Å². The lowest BCUT2D eigenvalue weighted by molar-refractivity contribution is -0.122. The van der Waals surface area contributed by atoms with Crippen molar-refractivity contribution in [1.82, 2.24) is 10.6 Å². The Morgan fingerprint density at radius 1 is 1.22 bits per heavy atom. The van der Waals surface area contributed by atoms with E-state index in [9.17, 15) is 4.79 Å². The predicted octanol–water partition coefficient (Wildman–Crippen LogP) is 1.26. The number of hydrogen-bond acceptors (Lipinski definition) is 4. The Balaban J connectivity index is 0.000000185. The maximum atomic E-state index is 10.5. The highest BCUT2D eigenvalue weighted by Gasteiger charge is 2.18. The molecule has 0 radical (unpaired) electrons. The Bertz CT molecular complexity index is 500. The molecule has 5 heteroatoms. The van der Waals surface area contributed by atoms with E-state index in [2.05, 4.69) is 53.6 Å². The highest BCUT2D eigenvalue weighted by molar-refractivity contribution is 5.76. The van der Waals surface area contributed by atoms with Crippen LogP contribution in [0.1, 0.15) is 25.3 Å². The molecule has 23 heavy (non-hydrogen) atoms. The summed E-state index contributed by atoms with van der Waals surface area (Å²) < 4.78 is 0. The minimum atomic E-state index is -0.142. The Labute approximate surface area is 139 Å². The van der Waals surface area contributed by atoms with Gasteiger partial charge in [0.1, 0.15) is 0 Å². The fourth-order valence-corrected chi connectivity index (χ4v) is 3.14. The van der Waals surface area contributed by atoms with Gasteiger partial charge in [0.2, 0.25) is 5.91 Å². The second-order valence-electron chi connectivity index (χ2n) is 6.51. The van der Waals surface area contributed by atoms with Crippen molar-refractivity contribution in [2.75, 3.05) is 37.6 Å². The molecule has 3 rings (SSSR count). The Morgan fingerprint density at radius 2 is 1.96 bits per heavy atom. The van der Waals surface area contributed by atoms with Gasteiger partial charge in [0.25, 0.3) is 0 Å². The lowest BCUT2D eigenvalue weighted by Crippen LogP contribution is -2.49. The highest BCUT2D eigenvalue weighted by atomic mass is 16.1. The summed E-state index contributed by atoms with van der Waals surface area (Å²) in [6.07, 6.45) is 1.82. The molecule has 2 aliphatic heterocycles. The number of nitrogens with two attached hydrogens (primary N) is 1. The molecule has 128 valence electrons. The van der Waals surface area contributed by atoms with Crippen molar-refractivity contribution < 1.29 is 4.79 Å². The molecule has 2 saturated heterocycles. The zero-order chi connectivity index (χ0) is 16.7. The quantitative estimate of drug-likeness (QED) is 0.768. The summed E-state index contributed by atoms with van der Waals surface area (Å²) >= 11 is 0. The van der Waals surface area contributed by atoms with Crippen molar-refractivity contribution in [3.05, 3.63) is 29.8 Å². The first-order chi connectivity index (χ1) is 11.1. The number of nitrogens with zero attached hydrogens (tertiary/aromatic N) is 1. The summed E-state index contributed by atoms with van der Waals surface area (Å²) in [6.45, 7) is 9.60. The van der Waals surface area contributed by atoms with E-state index in [1.807, 2.05) is 0 Å². The van der Waals surface area contributed by atoms with E-state index < -0.39 is 0 Å². The Kier molecular flexibility index (Phi) is 6.86. The molecule has 0 spiro atoms. The number of piperidine rings is 1. The summed E-state index contributed by atoms with van der Waals surface area (Å²) in [4.78, 5) is 13.0. The number of rotatable bonds is 2. The fraction of sp³-hybridized carbons (Fsp3) is 0.611. The number of benzene rings is 1. The zero-order valence-electron chi connectivity index (χ0n) is 14.3. The van der Waals surface area contributed by atoms with Gasteiger partial charge in [-0.1, -0.05) is 12.1 Å². The van der Waals surface area contributed by atoms with Crippen LogP contribution in [-0.4, -0.2) is 44.7 Å². The molecular weight excluding hydrogens is 288 g/mol. The molecule has 1 amide bonds. The Morgan fingerprint density at radius 3 is 2.52 bits per heavy atom. The smallest absolute Gasteiger partial charge is 0.220 e. The maximum Gasteiger partial charge on any atom is 0.220 e. The number of carbonyl (C=O) groups is 1. The maximum absolute atomic E-state index is 10.5. The zero-order valence-corrected chi connectivity index (χ0v) is 14.3. The van der Waals surface area contributed by atoms with E-state index in [-0.39, 0.29) is 11.8 Å². The number of anilines is 1. The van der Waals surface area contributed by atoms with Crippen LogP contribution in [0.2, 0.25) is 0 Å². The molecule has 2 aliphatic rings. The van der Waals surface area contributed by atoms with Gasteiger partial charge in [-0.25, -0.2) is 0 Å². The van der Waals surface area contributed by atoms with Crippen LogP contribution < -0.4 is 21.3 Å². The highest BCUT2D eigenvalue weighted by Crippen LogP contribution is 2.19. The van der Waals surface area contributed by atoms with E-state index in [4.69, 9.17) is 5.73 Å². The molecule has 0 aromatic heterocycles. The SMILES string of the molecule is Cc1cccc(N2CCNCC2C)c1.NC(=O)C1CCNCC1. The summed E-state index contributed by atoms with van der Waals surface area (Å²) in [5, 5.41) is 6.57. The molecule has 5 nitrogen and oxygen atoms in total. The van der Waals surface area contributed by atoms with Crippen LogP contribution in [0.3, 0.4) is 0 Å². The van der Waals surface area contributed by atoms with Crippen molar-refractivity contribution in [2.45, 2.75) is 32.7 Å². The molecular formula is C18H30N4O. The molecule has 4 N–H and O–H groups in total. The second-order valence-corrected chi connectivity index (χ2v) is 6.51. The topological polar surface area (TPSA) is 70.4 Å². The van der Waals surface area contributed by atoms with Crippen LogP contribution in [0.15, 0.2) is 24.3 Å². The summed E-state index contributed by atoms with van der Waals surface area (Å²) in [6, 6.07) is 9.36. The van der Waals surface area contributed by atoms with Crippen molar-refractivity contribution in [3.8, 4) is 0 Å². The van der Waals surface area contributed by atoms with Gasteiger partial charge in [-0.2, -0.15) is 0 Å². The van der Waals surface area contributed by atoms with E-state index in [0.717, 1.165) is 45.6 Å². The first-order valence-electron chi connectivity index (χ1n) is 8.62. The molecule has 2 fully saturated rings.